The lowest BCUT2D eigenvalue weighted by molar-refractivity contribution is 1.33. The van der Waals surface area contributed by atoms with E-state index in [1.165, 1.54) is 32.7 Å². The predicted octanol–water partition coefficient (Wildman–Crippen LogP) is 11.2. The molecule has 226 valence electrons. The lowest BCUT2D eigenvalue weighted by Crippen LogP contribution is -1.99. The molecule has 4 heterocycles. The largest absolute Gasteiger partial charge is 0.265 e. The second-order valence-electron chi connectivity index (χ2n) is 12.3. The van der Waals surface area contributed by atoms with Crippen molar-refractivity contribution in [2.24, 2.45) is 0 Å². The Kier molecular flexibility index (Phi) is 6.54. The zero-order chi connectivity index (χ0) is 32.2. The van der Waals surface area contributed by atoms with Gasteiger partial charge in [0.25, 0.3) is 0 Å². The highest BCUT2D eigenvalue weighted by atomic mass is 14.7. The minimum atomic E-state index is 0.983. The highest BCUT2D eigenvalue weighted by Crippen LogP contribution is 2.45. The Morgan fingerprint density at radius 2 is 0.667 bits per heavy atom. The van der Waals surface area contributed by atoms with Gasteiger partial charge in [-0.1, -0.05) is 84.9 Å². The van der Waals surface area contributed by atoms with E-state index < -0.39 is 0 Å². The number of para-hydroxylation sites is 2. The highest BCUT2D eigenvalue weighted by Gasteiger charge is 2.22. The Bertz CT molecular complexity index is 2460. The van der Waals surface area contributed by atoms with Crippen molar-refractivity contribution in [2.45, 2.75) is 13.8 Å². The van der Waals surface area contributed by atoms with Crippen molar-refractivity contribution in [3.63, 3.8) is 0 Å². The van der Waals surface area contributed by atoms with Gasteiger partial charge in [0.15, 0.2) is 0 Å². The van der Waals surface area contributed by atoms with E-state index in [1.54, 1.807) is 0 Å². The van der Waals surface area contributed by atoms with Gasteiger partial charge in [-0.15, -0.1) is 0 Å². The molecule has 0 saturated heterocycles. The van der Waals surface area contributed by atoms with Crippen LogP contribution in [-0.4, -0.2) is 19.9 Å². The Balaban J connectivity index is 1.36. The molecule has 0 aliphatic heterocycles. The molecule has 9 rings (SSSR count). The molecule has 0 spiro atoms. The molecule has 0 saturated carbocycles. The smallest absolute Gasteiger partial charge is 0.0791 e. The molecule has 4 heteroatoms. The molecule has 0 unspecified atom stereocenters. The van der Waals surface area contributed by atoms with Gasteiger partial charge in [0.2, 0.25) is 0 Å². The zero-order valence-corrected chi connectivity index (χ0v) is 26.6. The molecule has 9 aromatic rings. The molecule has 0 radical (unpaired) electrons. The Morgan fingerprint density at radius 1 is 0.333 bits per heavy atom. The normalized spacial score (nSPS) is 11.5. The molecule has 48 heavy (non-hydrogen) atoms. The molecular formula is C44H30N4. The van der Waals surface area contributed by atoms with E-state index in [9.17, 15) is 0 Å². The van der Waals surface area contributed by atoms with Gasteiger partial charge in [-0.2, -0.15) is 0 Å². The van der Waals surface area contributed by atoms with Crippen LogP contribution >= 0.6 is 0 Å². The summed E-state index contributed by atoms with van der Waals surface area (Å²) in [7, 11) is 0. The van der Waals surface area contributed by atoms with Crippen LogP contribution in [0.3, 0.4) is 0 Å². The fourth-order valence-electron chi connectivity index (χ4n) is 7.33. The van der Waals surface area contributed by atoms with Gasteiger partial charge in [-0.25, -0.2) is 9.97 Å². The minimum Gasteiger partial charge on any atom is -0.265 e. The molecule has 0 atom stereocenters. The summed E-state index contributed by atoms with van der Waals surface area (Å²) in [5, 5.41) is 7.13. The van der Waals surface area contributed by atoms with E-state index in [2.05, 4.69) is 121 Å². The molecule has 5 aromatic carbocycles. The molecule has 0 aliphatic rings. The number of nitrogens with zero attached hydrogens (tertiary/aromatic N) is 4. The summed E-state index contributed by atoms with van der Waals surface area (Å²) in [5.41, 5.74) is 13.2. The van der Waals surface area contributed by atoms with E-state index >= 15 is 0 Å². The van der Waals surface area contributed by atoms with Crippen LogP contribution in [-0.2, 0) is 0 Å². The van der Waals surface area contributed by atoms with E-state index in [0.717, 1.165) is 66.6 Å². The van der Waals surface area contributed by atoms with E-state index in [0.29, 0.717) is 0 Å². The van der Waals surface area contributed by atoms with Crippen molar-refractivity contribution in [2.75, 3.05) is 0 Å². The van der Waals surface area contributed by atoms with Crippen LogP contribution < -0.4 is 0 Å². The lowest BCUT2D eigenvalue weighted by atomic mass is 9.85. The molecule has 0 bridgehead atoms. The standard InChI is InChI=1S/C44H30N4/c1-27-39-35-7-3-5-9-37(35)48-44(34-17-13-30(14-18-34)32-21-25-46-26-22-32)42(39)28(2)40-36-8-4-6-10-38(36)47-43(41(27)40)33-15-11-29(12-16-33)31-19-23-45-24-20-31/h3-26H,1-2H3. The van der Waals surface area contributed by atoms with E-state index in [-0.39, 0.29) is 0 Å². The van der Waals surface area contributed by atoms with Crippen LogP contribution in [0.25, 0.3) is 88.1 Å². The SMILES string of the molecule is Cc1c2c(-c3ccc(-c4ccncc4)cc3)nc3ccccc3c2c(C)c2c(-c3ccc(-c4ccncc4)cc3)nc3ccccc3c12. The first kappa shape index (κ1) is 28.0. The van der Waals surface area contributed by atoms with Crippen molar-refractivity contribution < 1.29 is 0 Å². The van der Waals surface area contributed by atoms with Gasteiger partial charge >= 0.3 is 0 Å². The number of pyridine rings is 4. The van der Waals surface area contributed by atoms with Crippen LogP contribution in [0, 0.1) is 13.8 Å². The number of fused-ring (bicyclic) bond motifs is 6. The molecule has 0 amide bonds. The summed E-state index contributed by atoms with van der Waals surface area (Å²) >= 11 is 0. The second-order valence-corrected chi connectivity index (χ2v) is 12.3. The number of benzene rings is 5. The van der Waals surface area contributed by atoms with Gasteiger partial charge in [0.1, 0.15) is 0 Å². The summed E-state index contributed by atoms with van der Waals surface area (Å²) in [4.78, 5) is 19.1. The highest BCUT2D eigenvalue weighted by molar-refractivity contribution is 6.25. The van der Waals surface area contributed by atoms with Crippen molar-refractivity contribution in [1.29, 1.82) is 0 Å². The summed E-state index contributed by atoms with van der Waals surface area (Å²) in [5.74, 6) is 0. The fourth-order valence-corrected chi connectivity index (χ4v) is 7.33. The fraction of sp³-hybridized carbons (Fsp3) is 0.0455. The minimum absolute atomic E-state index is 0.983. The maximum Gasteiger partial charge on any atom is 0.0791 e. The average Bonchev–Trinajstić information content (AvgIpc) is 3.16. The maximum atomic E-state index is 5.35. The Hall–Kier alpha value is -6.26. The summed E-state index contributed by atoms with van der Waals surface area (Å²) in [6.45, 7) is 4.52. The number of aryl methyl sites for hydroxylation is 2. The first-order valence-corrected chi connectivity index (χ1v) is 16.2. The van der Waals surface area contributed by atoms with Gasteiger partial charge in [-0.05, 0) is 94.4 Å². The summed E-state index contributed by atoms with van der Waals surface area (Å²) in [6.07, 6.45) is 7.34. The molecule has 4 aromatic heterocycles. The van der Waals surface area contributed by atoms with Crippen LogP contribution in [0.2, 0.25) is 0 Å². The third-order valence-corrected chi connectivity index (χ3v) is 9.63. The molecule has 0 aliphatic carbocycles. The third-order valence-electron chi connectivity index (χ3n) is 9.63. The topological polar surface area (TPSA) is 51.6 Å². The van der Waals surface area contributed by atoms with Crippen molar-refractivity contribution in [1.82, 2.24) is 19.9 Å². The number of aromatic nitrogens is 4. The maximum absolute atomic E-state index is 5.35. The second kappa shape index (κ2) is 11.2. The Morgan fingerprint density at radius 3 is 1.06 bits per heavy atom. The monoisotopic (exact) mass is 614 g/mol. The van der Waals surface area contributed by atoms with Gasteiger partial charge in [0, 0.05) is 57.5 Å². The Labute approximate surface area is 278 Å². The first-order chi connectivity index (χ1) is 23.7. The van der Waals surface area contributed by atoms with Crippen molar-refractivity contribution in [3.8, 4) is 44.8 Å². The number of hydrogen-bond donors (Lipinski definition) is 0. The summed E-state index contributed by atoms with van der Waals surface area (Å²) < 4.78 is 0. The zero-order valence-electron chi connectivity index (χ0n) is 26.6. The molecule has 4 nitrogen and oxygen atoms in total. The van der Waals surface area contributed by atoms with Crippen LogP contribution in [0.15, 0.2) is 146 Å². The van der Waals surface area contributed by atoms with E-state index in [1.807, 2.05) is 49.1 Å². The van der Waals surface area contributed by atoms with Crippen molar-refractivity contribution >= 4 is 43.4 Å². The van der Waals surface area contributed by atoms with Crippen molar-refractivity contribution in [3.05, 3.63) is 157 Å². The quantitative estimate of drug-likeness (QED) is 0.146. The van der Waals surface area contributed by atoms with Crippen LogP contribution in [0.5, 0.6) is 0 Å². The molecular weight excluding hydrogens is 585 g/mol. The van der Waals surface area contributed by atoms with Gasteiger partial charge < -0.3 is 0 Å². The summed E-state index contributed by atoms with van der Waals surface area (Å²) in [6, 6.07) is 42.7. The average molecular weight is 615 g/mol. The number of rotatable bonds is 4. The van der Waals surface area contributed by atoms with E-state index in [4.69, 9.17) is 9.97 Å². The predicted molar refractivity (Wildman–Crippen MR) is 199 cm³/mol. The van der Waals surface area contributed by atoms with Crippen LogP contribution in [0.4, 0.5) is 0 Å². The molecule has 0 fully saturated rings. The van der Waals surface area contributed by atoms with Gasteiger partial charge in [-0.3, -0.25) is 9.97 Å². The lowest BCUT2D eigenvalue weighted by Gasteiger charge is -2.21. The number of hydrogen-bond acceptors (Lipinski definition) is 4. The molecule has 0 N–H and O–H groups in total. The van der Waals surface area contributed by atoms with Crippen LogP contribution in [0.1, 0.15) is 11.1 Å². The van der Waals surface area contributed by atoms with Gasteiger partial charge in [0.05, 0.1) is 22.4 Å². The first-order valence-electron chi connectivity index (χ1n) is 16.2. The third kappa shape index (κ3) is 4.45.